The molecule has 0 bridgehead atoms. The first-order valence-electron chi connectivity index (χ1n) is 6.75. The van der Waals surface area contributed by atoms with E-state index in [0.717, 1.165) is 19.1 Å². The molecule has 1 aromatic rings. The molecule has 0 saturated heterocycles. The summed E-state index contributed by atoms with van der Waals surface area (Å²) < 4.78 is 22.8. The third kappa shape index (κ3) is 3.50. The summed E-state index contributed by atoms with van der Waals surface area (Å²) in [5.74, 6) is 0.483. The van der Waals surface area contributed by atoms with Crippen molar-refractivity contribution in [2.24, 2.45) is 11.7 Å². The highest BCUT2D eigenvalue weighted by molar-refractivity contribution is 7.90. The van der Waals surface area contributed by atoms with Crippen LogP contribution in [0.5, 0.6) is 0 Å². The number of amides is 2. The predicted octanol–water partition coefficient (Wildman–Crippen LogP) is 2.17. The van der Waals surface area contributed by atoms with E-state index in [-0.39, 0.29) is 4.90 Å². The second kappa shape index (κ2) is 5.83. The van der Waals surface area contributed by atoms with Gasteiger partial charge < -0.3 is 5.73 Å². The number of hydrogen-bond acceptors (Lipinski definition) is 3. The van der Waals surface area contributed by atoms with Crippen molar-refractivity contribution in [3.63, 3.8) is 0 Å². The molecule has 1 aromatic carbocycles. The minimum atomic E-state index is -3.22. The Balaban J connectivity index is 2.19. The standard InChI is InChI=1S/C14H20N2O3S/c1-20(18,19)13-8-6-12(7-9-13)16(14(15)17)10-11-4-2-3-5-11/h6-9,11H,2-5,10H2,1H3,(H2,15,17). The monoisotopic (exact) mass is 296 g/mol. The molecular weight excluding hydrogens is 276 g/mol. The lowest BCUT2D eigenvalue weighted by Crippen LogP contribution is -2.38. The van der Waals surface area contributed by atoms with Gasteiger partial charge in [0.2, 0.25) is 0 Å². The Hall–Kier alpha value is -1.56. The number of anilines is 1. The zero-order valence-corrected chi connectivity index (χ0v) is 12.4. The van der Waals surface area contributed by atoms with E-state index in [1.165, 1.54) is 29.9 Å². The number of carbonyl (C=O) groups excluding carboxylic acids is 1. The van der Waals surface area contributed by atoms with Crippen molar-refractivity contribution in [2.45, 2.75) is 30.6 Å². The smallest absolute Gasteiger partial charge is 0.319 e. The van der Waals surface area contributed by atoms with E-state index in [9.17, 15) is 13.2 Å². The van der Waals surface area contributed by atoms with Gasteiger partial charge in [-0.1, -0.05) is 12.8 Å². The molecule has 0 aromatic heterocycles. The van der Waals surface area contributed by atoms with Crippen molar-refractivity contribution in [3.8, 4) is 0 Å². The van der Waals surface area contributed by atoms with Gasteiger partial charge in [-0.2, -0.15) is 0 Å². The third-order valence-corrected chi connectivity index (χ3v) is 4.89. The largest absolute Gasteiger partial charge is 0.351 e. The minimum absolute atomic E-state index is 0.242. The van der Waals surface area contributed by atoms with Crippen molar-refractivity contribution in [1.82, 2.24) is 0 Å². The number of nitrogens with zero attached hydrogens (tertiary/aromatic N) is 1. The second-order valence-corrected chi connectivity index (χ2v) is 7.38. The van der Waals surface area contributed by atoms with Crippen LogP contribution in [-0.4, -0.2) is 27.2 Å². The molecule has 1 saturated carbocycles. The molecule has 0 radical (unpaired) electrons. The fourth-order valence-electron chi connectivity index (χ4n) is 2.65. The molecule has 20 heavy (non-hydrogen) atoms. The molecule has 0 unspecified atom stereocenters. The molecule has 1 aliphatic rings. The highest BCUT2D eigenvalue weighted by Crippen LogP contribution is 2.27. The van der Waals surface area contributed by atoms with Crippen LogP contribution in [0.1, 0.15) is 25.7 Å². The molecule has 2 N–H and O–H groups in total. The molecule has 0 aliphatic heterocycles. The summed E-state index contributed by atoms with van der Waals surface area (Å²) in [4.78, 5) is 13.4. The highest BCUT2D eigenvalue weighted by atomic mass is 32.2. The number of primary amides is 1. The van der Waals surface area contributed by atoms with Gasteiger partial charge in [0, 0.05) is 18.5 Å². The molecule has 2 rings (SSSR count). The summed E-state index contributed by atoms with van der Waals surface area (Å²) in [6.07, 6.45) is 5.79. The maximum Gasteiger partial charge on any atom is 0.319 e. The maximum absolute atomic E-state index is 11.6. The number of nitrogens with two attached hydrogens (primary N) is 1. The Morgan fingerprint density at radius 3 is 2.25 bits per heavy atom. The van der Waals surface area contributed by atoms with Crippen molar-refractivity contribution >= 4 is 21.6 Å². The summed E-state index contributed by atoms with van der Waals surface area (Å²) in [6, 6.07) is 5.79. The van der Waals surface area contributed by atoms with Crippen LogP contribution < -0.4 is 10.6 Å². The van der Waals surface area contributed by atoms with Crippen molar-refractivity contribution in [2.75, 3.05) is 17.7 Å². The summed E-state index contributed by atoms with van der Waals surface area (Å²) in [5, 5.41) is 0. The minimum Gasteiger partial charge on any atom is -0.351 e. The van der Waals surface area contributed by atoms with Crippen LogP contribution in [-0.2, 0) is 9.84 Å². The average Bonchev–Trinajstić information content (AvgIpc) is 2.87. The van der Waals surface area contributed by atoms with Gasteiger partial charge >= 0.3 is 6.03 Å². The number of urea groups is 1. The lowest BCUT2D eigenvalue weighted by molar-refractivity contribution is 0.252. The maximum atomic E-state index is 11.6. The fourth-order valence-corrected chi connectivity index (χ4v) is 3.28. The van der Waals surface area contributed by atoms with E-state index in [0.29, 0.717) is 18.2 Å². The van der Waals surface area contributed by atoms with Gasteiger partial charge in [0.1, 0.15) is 0 Å². The van der Waals surface area contributed by atoms with E-state index in [1.807, 2.05) is 0 Å². The van der Waals surface area contributed by atoms with Crippen LogP contribution in [0, 0.1) is 5.92 Å². The van der Waals surface area contributed by atoms with Gasteiger partial charge in [-0.3, -0.25) is 4.90 Å². The Morgan fingerprint density at radius 1 is 1.25 bits per heavy atom. The summed E-state index contributed by atoms with van der Waals surface area (Å²) in [5.41, 5.74) is 6.09. The lowest BCUT2D eigenvalue weighted by Gasteiger charge is -2.24. The summed E-state index contributed by atoms with van der Waals surface area (Å²) in [7, 11) is -3.22. The second-order valence-electron chi connectivity index (χ2n) is 5.37. The third-order valence-electron chi connectivity index (χ3n) is 3.76. The number of benzene rings is 1. The van der Waals surface area contributed by atoms with Gasteiger partial charge in [0.15, 0.2) is 9.84 Å². The topological polar surface area (TPSA) is 80.5 Å². The van der Waals surface area contributed by atoms with E-state index in [2.05, 4.69) is 0 Å². The van der Waals surface area contributed by atoms with Gasteiger partial charge in [-0.05, 0) is 43.0 Å². The first kappa shape index (κ1) is 14.8. The molecule has 2 amide bonds. The van der Waals surface area contributed by atoms with Crippen molar-refractivity contribution in [3.05, 3.63) is 24.3 Å². The van der Waals surface area contributed by atoms with E-state index in [4.69, 9.17) is 5.73 Å². The number of sulfone groups is 1. The number of carbonyl (C=O) groups is 1. The first-order chi connectivity index (χ1) is 9.38. The molecule has 0 spiro atoms. The Bertz CT molecular complexity index is 575. The van der Waals surface area contributed by atoms with Crippen LogP contribution in [0.25, 0.3) is 0 Å². The molecule has 1 fully saturated rings. The van der Waals surface area contributed by atoms with Gasteiger partial charge in [0.05, 0.1) is 4.90 Å². The summed E-state index contributed by atoms with van der Waals surface area (Å²) in [6.45, 7) is 0.605. The van der Waals surface area contributed by atoms with E-state index < -0.39 is 15.9 Å². The Kier molecular flexibility index (Phi) is 4.32. The molecule has 6 heteroatoms. The Labute approximate surface area is 119 Å². The number of hydrogen-bond donors (Lipinski definition) is 1. The SMILES string of the molecule is CS(=O)(=O)c1ccc(N(CC2CCCC2)C(N)=O)cc1. The van der Waals surface area contributed by atoms with Gasteiger partial charge in [0.25, 0.3) is 0 Å². The highest BCUT2D eigenvalue weighted by Gasteiger charge is 2.22. The van der Waals surface area contributed by atoms with Crippen molar-refractivity contribution in [1.29, 1.82) is 0 Å². The van der Waals surface area contributed by atoms with Crippen molar-refractivity contribution < 1.29 is 13.2 Å². The zero-order chi connectivity index (χ0) is 14.8. The molecule has 5 nitrogen and oxygen atoms in total. The zero-order valence-electron chi connectivity index (χ0n) is 11.6. The van der Waals surface area contributed by atoms with E-state index >= 15 is 0 Å². The molecular formula is C14H20N2O3S. The van der Waals surface area contributed by atoms with Crippen LogP contribution in [0.3, 0.4) is 0 Å². The van der Waals surface area contributed by atoms with E-state index in [1.54, 1.807) is 12.1 Å². The van der Waals surface area contributed by atoms with Crippen LogP contribution in [0.2, 0.25) is 0 Å². The molecule has 110 valence electrons. The first-order valence-corrected chi connectivity index (χ1v) is 8.64. The lowest BCUT2D eigenvalue weighted by atomic mass is 10.1. The average molecular weight is 296 g/mol. The van der Waals surface area contributed by atoms with Gasteiger partial charge in [-0.25, -0.2) is 13.2 Å². The van der Waals surface area contributed by atoms with Crippen LogP contribution in [0.15, 0.2) is 29.2 Å². The predicted molar refractivity (Wildman–Crippen MR) is 78.4 cm³/mol. The Morgan fingerprint density at radius 2 is 1.80 bits per heavy atom. The van der Waals surface area contributed by atoms with Crippen LogP contribution >= 0.6 is 0 Å². The van der Waals surface area contributed by atoms with Gasteiger partial charge in [-0.15, -0.1) is 0 Å². The van der Waals surface area contributed by atoms with Crippen LogP contribution in [0.4, 0.5) is 10.5 Å². The molecule has 0 atom stereocenters. The molecule has 0 heterocycles. The normalized spacial score (nSPS) is 16.2. The number of rotatable bonds is 4. The summed E-state index contributed by atoms with van der Waals surface area (Å²) >= 11 is 0. The quantitative estimate of drug-likeness (QED) is 0.924. The molecule has 1 aliphatic carbocycles. The fraction of sp³-hybridized carbons (Fsp3) is 0.500.